The third kappa shape index (κ3) is 4.22. The van der Waals surface area contributed by atoms with Gasteiger partial charge in [-0.05, 0) is 17.5 Å². The van der Waals surface area contributed by atoms with Crippen molar-refractivity contribution in [1.82, 2.24) is 9.80 Å². The van der Waals surface area contributed by atoms with Gasteiger partial charge >= 0.3 is 0 Å². The molecule has 0 spiro atoms. The Morgan fingerprint density at radius 2 is 1.58 bits per heavy atom. The third-order valence-corrected chi connectivity index (χ3v) is 4.57. The molecule has 0 radical (unpaired) electrons. The summed E-state index contributed by atoms with van der Waals surface area (Å²) in [5.74, 6) is 0.0303. The van der Waals surface area contributed by atoms with E-state index in [0.29, 0.717) is 0 Å². The average Bonchev–Trinajstić information content (AvgIpc) is 2.88. The van der Waals surface area contributed by atoms with Crippen LogP contribution in [0.3, 0.4) is 0 Å². The van der Waals surface area contributed by atoms with Crippen molar-refractivity contribution < 1.29 is 4.79 Å². The van der Waals surface area contributed by atoms with Gasteiger partial charge in [-0.1, -0.05) is 60.7 Å². The van der Waals surface area contributed by atoms with E-state index < -0.39 is 6.04 Å². The smallest absolute Gasteiger partial charge is 0.244 e. The van der Waals surface area contributed by atoms with E-state index in [0.717, 1.165) is 44.7 Å². The zero-order valence-corrected chi connectivity index (χ0v) is 14.0. The van der Waals surface area contributed by atoms with Crippen molar-refractivity contribution >= 4 is 5.91 Å². The van der Waals surface area contributed by atoms with E-state index in [4.69, 9.17) is 5.73 Å². The van der Waals surface area contributed by atoms with Gasteiger partial charge in [-0.2, -0.15) is 0 Å². The van der Waals surface area contributed by atoms with Gasteiger partial charge in [-0.25, -0.2) is 0 Å². The minimum Gasteiger partial charge on any atom is -0.340 e. The van der Waals surface area contributed by atoms with Gasteiger partial charge in [0.25, 0.3) is 0 Å². The lowest BCUT2D eigenvalue weighted by atomic mass is 10.1. The molecule has 2 N–H and O–H groups in total. The van der Waals surface area contributed by atoms with Gasteiger partial charge in [0.05, 0.1) is 0 Å². The van der Waals surface area contributed by atoms with Crippen molar-refractivity contribution in [1.29, 1.82) is 0 Å². The molecule has 1 saturated heterocycles. The third-order valence-electron chi connectivity index (χ3n) is 4.57. The summed E-state index contributed by atoms with van der Waals surface area (Å²) in [6.45, 7) is 4.37. The Kier molecular flexibility index (Phi) is 5.62. The second-order valence-electron chi connectivity index (χ2n) is 6.33. The number of carbonyl (C=O) groups is 1. The largest absolute Gasteiger partial charge is 0.340 e. The second-order valence-corrected chi connectivity index (χ2v) is 6.33. The molecule has 4 heteroatoms. The molecule has 1 aliphatic heterocycles. The Bertz CT molecular complexity index is 644. The van der Waals surface area contributed by atoms with Crippen LogP contribution >= 0.6 is 0 Å². The first-order chi connectivity index (χ1) is 11.7. The monoisotopic (exact) mass is 323 g/mol. The van der Waals surface area contributed by atoms with Gasteiger partial charge in [-0.3, -0.25) is 9.69 Å². The lowest BCUT2D eigenvalue weighted by molar-refractivity contribution is -0.132. The standard InChI is InChI=1S/C20H25N3O/c21-19(18-10-5-2-6-11-18)20(24)23-13-7-12-22(14-15-23)16-17-8-3-1-4-9-17/h1-6,8-11,19H,7,12-16,21H2. The normalized spacial score (nSPS) is 17.3. The predicted molar refractivity (Wildman–Crippen MR) is 96.3 cm³/mol. The van der Waals surface area contributed by atoms with E-state index in [1.165, 1.54) is 5.56 Å². The topological polar surface area (TPSA) is 49.6 Å². The van der Waals surface area contributed by atoms with Gasteiger partial charge in [-0.15, -0.1) is 0 Å². The molecule has 0 aliphatic carbocycles. The maximum Gasteiger partial charge on any atom is 0.244 e. The van der Waals surface area contributed by atoms with Crippen molar-refractivity contribution in [3.8, 4) is 0 Å². The summed E-state index contributed by atoms with van der Waals surface area (Å²) in [5, 5.41) is 0. The number of rotatable bonds is 4. The molecule has 2 aromatic rings. The van der Waals surface area contributed by atoms with Crippen LogP contribution in [0.4, 0.5) is 0 Å². The minimum absolute atomic E-state index is 0.0303. The summed E-state index contributed by atoms with van der Waals surface area (Å²) in [4.78, 5) is 17.0. The molecule has 1 unspecified atom stereocenters. The summed E-state index contributed by atoms with van der Waals surface area (Å²) in [5.41, 5.74) is 8.37. The molecule has 24 heavy (non-hydrogen) atoms. The van der Waals surface area contributed by atoms with Crippen molar-refractivity contribution in [2.75, 3.05) is 26.2 Å². The number of benzene rings is 2. The van der Waals surface area contributed by atoms with Crippen LogP contribution in [0, 0.1) is 0 Å². The summed E-state index contributed by atoms with van der Waals surface area (Å²) >= 11 is 0. The highest BCUT2D eigenvalue weighted by atomic mass is 16.2. The summed E-state index contributed by atoms with van der Waals surface area (Å²) < 4.78 is 0. The molecule has 1 heterocycles. The minimum atomic E-state index is -0.563. The van der Waals surface area contributed by atoms with E-state index in [-0.39, 0.29) is 5.91 Å². The number of nitrogens with zero attached hydrogens (tertiary/aromatic N) is 2. The maximum atomic E-state index is 12.7. The number of hydrogen-bond acceptors (Lipinski definition) is 3. The Hall–Kier alpha value is -2.17. The van der Waals surface area contributed by atoms with E-state index in [2.05, 4.69) is 29.2 Å². The van der Waals surface area contributed by atoms with Gasteiger partial charge in [0.15, 0.2) is 0 Å². The first-order valence-corrected chi connectivity index (χ1v) is 8.59. The van der Waals surface area contributed by atoms with Gasteiger partial charge in [0, 0.05) is 32.7 Å². The molecule has 0 aromatic heterocycles. The Labute approximate surface area is 143 Å². The molecule has 1 fully saturated rings. The molecule has 1 atom stereocenters. The first kappa shape index (κ1) is 16.7. The molecule has 2 aromatic carbocycles. The van der Waals surface area contributed by atoms with Gasteiger partial charge < -0.3 is 10.6 Å². The number of hydrogen-bond donors (Lipinski definition) is 1. The molecular weight excluding hydrogens is 298 g/mol. The Morgan fingerprint density at radius 1 is 0.917 bits per heavy atom. The lowest BCUT2D eigenvalue weighted by Gasteiger charge is -2.25. The summed E-state index contributed by atoms with van der Waals surface area (Å²) in [6, 6.07) is 19.5. The van der Waals surface area contributed by atoms with Crippen LogP contribution < -0.4 is 5.73 Å². The number of nitrogens with two attached hydrogens (primary N) is 1. The van der Waals surface area contributed by atoms with Gasteiger partial charge in [0.2, 0.25) is 5.91 Å². The SMILES string of the molecule is NC(C(=O)N1CCCN(Cc2ccccc2)CC1)c1ccccc1. The zero-order chi connectivity index (χ0) is 16.8. The van der Waals surface area contributed by atoms with E-state index >= 15 is 0 Å². The molecule has 1 aliphatic rings. The van der Waals surface area contributed by atoms with Crippen molar-refractivity contribution in [2.24, 2.45) is 5.73 Å². The molecule has 126 valence electrons. The highest BCUT2D eigenvalue weighted by Gasteiger charge is 2.24. The van der Waals surface area contributed by atoms with Crippen LogP contribution in [-0.4, -0.2) is 41.9 Å². The highest BCUT2D eigenvalue weighted by Crippen LogP contribution is 2.15. The molecule has 4 nitrogen and oxygen atoms in total. The van der Waals surface area contributed by atoms with Crippen LogP contribution in [0.25, 0.3) is 0 Å². The Balaban J connectivity index is 1.58. The predicted octanol–water partition coefficient (Wildman–Crippen LogP) is 2.42. The van der Waals surface area contributed by atoms with E-state index in [1.54, 1.807) is 0 Å². The van der Waals surface area contributed by atoms with Crippen LogP contribution in [0.15, 0.2) is 60.7 Å². The van der Waals surface area contributed by atoms with E-state index in [1.807, 2.05) is 41.3 Å². The van der Waals surface area contributed by atoms with Crippen LogP contribution in [-0.2, 0) is 11.3 Å². The summed E-state index contributed by atoms with van der Waals surface area (Å²) in [7, 11) is 0. The van der Waals surface area contributed by atoms with E-state index in [9.17, 15) is 4.79 Å². The number of carbonyl (C=O) groups excluding carboxylic acids is 1. The molecular formula is C20H25N3O. The average molecular weight is 323 g/mol. The molecule has 0 saturated carbocycles. The fourth-order valence-corrected chi connectivity index (χ4v) is 3.19. The highest BCUT2D eigenvalue weighted by molar-refractivity contribution is 5.83. The second kappa shape index (κ2) is 8.08. The van der Waals surface area contributed by atoms with Crippen molar-refractivity contribution in [3.05, 3.63) is 71.8 Å². The quantitative estimate of drug-likeness (QED) is 0.940. The maximum absolute atomic E-state index is 12.7. The molecule has 3 rings (SSSR count). The molecule has 1 amide bonds. The van der Waals surface area contributed by atoms with Crippen LogP contribution in [0.5, 0.6) is 0 Å². The zero-order valence-electron chi connectivity index (χ0n) is 14.0. The summed E-state index contributed by atoms with van der Waals surface area (Å²) in [6.07, 6.45) is 0.986. The van der Waals surface area contributed by atoms with Gasteiger partial charge in [0.1, 0.15) is 6.04 Å². The van der Waals surface area contributed by atoms with Crippen LogP contribution in [0.2, 0.25) is 0 Å². The molecule has 0 bridgehead atoms. The lowest BCUT2D eigenvalue weighted by Crippen LogP contribution is -2.40. The fraction of sp³-hybridized carbons (Fsp3) is 0.350. The Morgan fingerprint density at radius 3 is 2.29 bits per heavy atom. The van der Waals surface area contributed by atoms with Crippen molar-refractivity contribution in [3.63, 3.8) is 0 Å². The number of amides is 1. The first-order valence-electron chi connectivity index (χ1n) is 8.59. The fourth-order valence-electron chi connectivity index (χ4n) is 3.19. The van der Waals surface area contributed by atoms with Crippen molar-refractivity contribution in [2.45, 2.75) is 19.0 Å². The van der Waals surface area contributed by atoms with Crippen LogP contribution in [0.1, 0.15) is 23.6 Å².